The van der Waals surface area contributed by atoms with E-state index in [1.807, 2.05) is 0 Å². The van der Waals surface area contributed by atoms with E-state index in [2.05, 4.69) is 27.7 Å². The molecule has 0 fully saturated rings. The van der Waals surface area contributed by atoms with E-state index in [4.69, 9.17) is 10.2 Å². The fraction of sp³-hybridized carbons (Fsp3) is 1.00. The second-order valence-electron chi connectivity index (χ2n) is 4.15. The van der Waals surface area contributed by atoms with Crippen LogP contribution in [0.2, 0.25) is 0 Å². The second-order valence-corrected chi connectivity index (χ2v) is 4.15. The average molecular weight is 221 g/mol. The Morgan fingerprint density at radius 3 is 1.13 bits per heavy atom. The van der Waals surface area contributed by atoms with Gasteiger partial charge in [0, 0.05) is 13.2 Å². The monoisotopic (exact) mass is 221 g/mol. The highest BCUT2D eigenvalue weighted by Crippen LogP contribution is 2.01. The van der Waals surface area contributed by atoms with E-state index in [1.54, 1.807) is 0 Å². The topological polar surface area (TPSA) is 75.5 Å². The predicted molar refractivity (Wildman–Crippen MR) is 67.3 cm³/mol. The van der Waals surface area contributed by atoms with Crippen molar-refractivity contribution in [2.75, 3.05) is 13.2 Å². The first-order valence-corrected chi connectivity index (χ1v) is 5.83. The van der Waals surface area contributed by atoms with Crippen LogP contribution in [0, 0.1) is 11.8 Å². The fourth-order valence-electron chi connectivity index (χ4n) is 1.17. The Balaban J connectivity index is -0.000000180. The van der Waals surface area contributed by atoms with Crippen LogP contribution in [-0.4, -0.2) is 23.4 Å². The summed E-state index contributed by atoms with van der Waals surface area (Å²) < 4.78 is 0. The van der Waals surface area contributed by atoms with Crippen molar-refractivity contribution in [1.82, 2.24) is 6.15 Å². The molecule has 2 unspecified atom stereocenters. The first kappa shape index (κ1) is 20.3. The van der Waals surface area contributed by atoms with Crippen LogP contribution in [0.5, 0.6) is 0 Å². The summed E-state index contributed by atoms with van der Waals surface area (Å²) in [5.74, 6) is 1.01. The van der Waals surface area contributed by atoms with Gasteiger partial charge in [-0.2, -0.15) is 0 Å². The molecule has 3 nitrogen and oxygen atoms in total. The Hall–Kier alpha value is -0.120. The molecule has 0 rings (SSSR count). The van der Waals surface area contributed by atoms with Gasteiger partial charge in [0.15, 0.2) is 0 Å². The SMILES string of the molecule is CCCC(C)CO.CCCC(C)CO.N. The van der Waals surface area contributed by atoms with Crippen molar-refractivity contribution in [2.24, 2.45) is 11.8 Å². The molecule has 15 heavy (non-hydrogen) atoms. The zero-order chi connectivity index (χ0) is 11.4. The maximum Gasteiger partial charge on any atom is 0.0456 e. The Labute approximate surface area is 95.5 Å². The summed E-state index contributed by atoms with van der Waals surface area (Å²) in [7, 11) is 0. The summed E-state index contributed by atoms with van der Waals surface area (Å²) in [6, 6.07) is 0. The lowest BCUT2D eigenvalue weighted by Gasteiger charge is -2.01. The Kier molecular flexibility index (Phi) is 22.1. The molecular formula is C12H31NO2. The maximum absolute atomic E-state index is 8.47. The van der Waals surface area contributed by atoms with Gasteiger partial charge < -0.3 is 16.4 Å². The molecule has 0 saturated heterocycles. The van der Waals surface area contributed by atoms with Gasteiger partial charge in [-0.3, -0.25) is 0 Å². The molecule has 0 radical (unpaired) electrons. The molecule has 0 saturated carbocycles. The van der Waals surface area contributed by atoms with E-state index in [-0.39, 0.29) is 6.15 Å². The van der Waals surface area contributed by atoms with E-state index < -0.39 is 0 Å². The number of aliphatic hydroxyl groups excluding tert-OH is 2. The van der Waals surface area contributed by atoms with Gasteiger partial charge in [-0.25, -0.2) is 0 Å². The molecule has 96 valence electrons. The van der Waals surface area contributed by atoms with Crippen molar-refractivity contribution in [1.29, 1.82) is 0 Å². The first-order valence-electron chi connectivity index (χ1n) is 5.83. The molecule has 0 aliphatic carbocycles. The lowest BCUT2D eigenvalue weighted by molar-refractivity contribution is 0.229. The highest BCUT2D eigenvalue weighted by atomic mass is 16.3. The van der Waals surface area contributed by atoms with Gasteiger partial charge in [0.05, 0.1) is 0 Å². The normalized spacial score (nSPS) is 13.2. The van der Waals surface area contributed by atoms with Crippen molar-refractivity contribution in [2.45, 2.75) is 53.4 Å². The minimum atomic E-state index is 0. The summed E-state index contributed by atoms with van der Waals surface area (Å²) >= 11 is 0. The van der Waals surface area contributed by atoms with E-state index in [1.165, 1.54) is 12.8 Å². The molecule has 0 aliphatic heterocycles. The minimum absolute atomic E-state index is 0. The van der Waals surface area contributed by atoms with Gasteiger partial charge in [-0.1, -0.05) is 40.5 Å². The van der Waals surface area contributed by atoms with Crippen LogP contribution in [0.1, 0.15) is 53.4 Å². The van der Waals surface area contributed by atoms with Gasteiger partial charge in [0.1, 0.15) is 0 Å². The van der Waals surface area contributed by atoms with Crippen molar-refractivity contribution in [3.8, 4) is 0 Å². The standard InChI is InChI=1S/2C6H14O.H3N/c2*1-3-4-6(2)5-7;/h2*6-7H,3-5H2,1-2H3;1H3. The van der Waals surface area contributed by atoms with E-state index in [9.17, 15) is 0 Å². The summed E-state index contributed by atoms with van der Waals surface area (Å²) in [6.45, 7) is 9.06. The molecule has 0 aliphatic rings. The van der Waals surface area contributed by atoms with Crippen LogP contribution in [-0.2, 0) is 0 Å². The van der Waals surface area contributed by atoms with E-state index in [0.717, 1.165) is 12.8 Å². The fourth-order valence-corrected chi connectivity index (χ4v) is 1.17. The first-order chi connectivity index (χ1) is 6.62. The molecule has 3 heteroatoms. The number of hydrogen-bond donors (Lipinski definition) is 3. The summed E-state index contributed by atoms with van der Waals surface area (Å²) in [5.41, 5.74) is 0. The molecule has 0 aromatic heterocycles. The van der Waals surface area contributed by atoms with Crippen molar-refractivity contribution < 1.29 is 10.2 Å². The third kappa shape index (κ3) is 20.1. The lowest BCUT2D eigenvalue weighted by atomic mass is 10.1. The minimum Gasteiger partial charge on any atom is -0.396 e. The van der Waals surface area contributed by atoms with Crippen molar-refractivity contribution in [3.05, 3.63) is 0 Å². The van der Waals surface area contributed by atoms with Crippen LogP contribution < -0.4 is 6.15 Å². The van der Waals surface area contributed by atoms with Gasteiger partial charge in [-0.15, -0.1) is 0 Å². The summed E-state index contributed by atoms with van der Waals surface area (Å²) in [5, 5.41) is 16.9. The lowest BCUT2D eigenvalue weighted by Crippen LogP contribution is -1.98. The van der Waals surface area contributed by atoms with Crippen LogP contribution in [0.3, 0.4) is 0 Å². The maximum atomic E-state index is 8.47. The molecular weight excluding hydrogens is 190 g/mol. The zero-order valence-corrected chi connectivity index (χ0v) is 11.0. The number of hydrogen-bond acceptors (Lipinski definition) is 3. The molecule has 0 aromatic carbocycles. The molecule has 0 bridgehead atoms. The van der Waals surface area contributed by atoms with Gasteiger partial charge in [0.25, 0.3) is 0 Å². The Morgan fingerprint density at radius 2 is 1.07 bits per heavy atom. The molecule has 5 N–H and O–H groups in total. The average Bonchev–Trinajstić information content (AvgIpc) is 2.19. The Bertz CT molecular complexity index is 87.6. The van der Waals surface area contributed by atoms with Crippen molar-refractivity contribution in [3.63, 3.8) is 0 Å². The van der Waals surface area contributed by atoms with Gasteiger partial charge in [0.2, 0.25) is 0 Å². The third-order valence-electron chi connectivity index (χ3n) is 2.19. The summed E-state index contributed by atoms with van der Waals surface area (Å²) in [4.78, 5) is 0. The van der Waals surface area contributed by atoms with E-state index >= 15 is 0 Å². The molecule has 0 aromatic rings. The van der Waals surface area contributed by atoms with Gasteiger partial charge >= 0.3 is 0 Å². The highest BCUT2D eigenvalue weighted by Gasteiger charge is 1.94. The smallest absolute Gasteiger partial charge is 0.0456 e. The van der Waals surface area contributed by atoms with Crippen LogP contribution >= 0.6 is 0 Å². The number of rotatable bonds is 6. The predicted octanol–water partition coefficient (Wildman–Crippen LogP) is 2.99. The molecule has 2 atom stereocenters. The van der Waals surface area contributed by atoms with Crippen LogP contribution in [0.15, 0.2) is 0 Å². The van der Waals surface area contributed by atoms with Crippen LogP contribution in [0.25, 0.3) is 0 Å². The van der Waals surface area contributed by atoms with E-state index in [0.29, 0.717) is 25.0 Å². The van der Waals surface area contributed by atoms with Crippen LogP contribution in [0.4, 0.5) is 0 Å². The zero-order valence-electron chi connectivity index (χ0n) is 11.0. The van der Waals surface area contributed by atoms with Gasteiger partial charge in [-0.05, 0) is 24.7 Å². The highest BCUT2D eigenvalue weighted by molar-refractivity contribution is 4.46. The van der Waals surface area contributed by atoms with Crippen molar-refractivity contribution >= 4 is 0 Å². The molecule has 0 heterocycles. The molecule has 0 spiro atoms. The molecule has 0 amide bonds. The number of aliphatic hydroxyl groups is 2. The summed E-state index contributed by atoms with van der Waals surface area (Å²) in [6.07, 6.45) is 4.66. The quantitative estimate of drug-likeness (QED) is 0.645. The second kappa shape index (κ2) is 16.3. The Morgan fingerprint density at radius 1 is 0.800 bits per heavy atom. The largest absolute Gasteiger partial charge is 0.396 e. The third-order valence-corrected chi connectivity index (χ3v) is 2.19.